The Morgan fingerprint density at radius 1 is 0.794 bits per heavy atom. The molecule has 178 valence electrons. The molecular formula is C23H17F6N3O2. The number of aliphatic imine (C=N–C) groups is 2. The van der Waals surface area contributed by atoms with Crippen molar-refractivity contribution >= 4 is 11.7 Å². The highest BCUT2D eigenvalue weighted by Gasteiger charge is 2.74. The average molecular weight is 481 g/mol. The first-order chi connectivity index (χ1) is 16.1. The molecule has 0 atom stereocenters. The van der Waals surface area contributed by atoms with Gasteiger partial charge in [-0.2, -0.15) is 26.3 Å². The van der Waals surface area contributed by atoms with E-state index in [1.54, 1.807) is 18.2 Å². The largest absolute Gasteiger partial charge is 0.497 e. The lowest BCUT2D eigenvalue weighted by Gasteiger charge is -2.39. The van der Waals surface area contributed by atoms with E-state index in [9.17, 15) is 26.3 Å². The van der Waals surface area contributed by atoms with E-state index in [-0.39, 0.29) is 23.4 Å². The van der Waals surface area contributed by atoms with Gasteiger partial charge >= 0.3 is 18.0 Å². The maximum atomic E-state index is 14.1. The first-order valence-electron chi connectivity index (χ1n) is 9.88. The Bertz CT molecular complexity index is 1170. The molecule has 5 nitrogen and oxygen atoms in total. The standard InChI is InChI=1S/C23H17F6N3O2/c1-33-17-11-9-16(10-12-17)20-31-21(22(24,25)26,23(27,28)29)30-19(15-6-3-2-4-7-15)32(20)14-18-8-5-13-34-18/h2-13H,14H2,1H3. The van der Waals surface area contributed by atoms with Gasteiger partial charge in [0.2, 0.25) is 0 Å². The van der Waals surface area contributed by atoms with E-state index in [0.717, 1.165) is 0 Å². The number of benzene rings is 2. The first-order valence-corrected chi connectivity index (χ1v) is 9.88. The highest BCUT2D eigenvalue weighted by Crippen LogP contribution is 2.49. The summed E-state index contributed by atoms with van der Waals surface area (Å²) in [6.07, 6.45) is -10.4. The second kappa shape index (κ2) is 8.54. The van der Waals surface area contributed by atoms with Gasteiger partial charge in [-0.3, -0.25) is 0 Å². The summed E-state index contributed by atoms with van der Waals surface area (Å²) >= 11 is 0. The fourth-order valence-electron chi connectivity index (χ4n) is 3.44. The highest BCUT2D eigenvalue weighted by molar-refractivity contribution is 6.16. The predicted molar refractivity (Wildman–Crippen MR) is 112 cm³/mol. The average Bonchev–Trinajstić information content (AvgIpc) is 3.31. The van der Waals surface area contributed by atoms with Crippen LogP contribution in [0.5, 0.6) is 5.75 Å². The maximum Gasteiger partial charge on any atom is 0.443 e. The Labute approximate surface area is 190 Å². The summed E-state index contributed by atoms with van der Waals surface area (Å²) in [6, 6.07) is 15.9. The van der Waals surface area contributed by atoms with Crippen LogP contribution < -0.4 is 4.74 Å². The summed E-state index contributed by atoms with van der Waals surface area (Å²) in [5.41, 5.74) is -4.64. The van der Waals surface area contributed by atoms with Gasteiger partial charge in [0, 0.05) is 11.1 Å². The summed E-state index contributed by atoms with van der Waals surface area (Å²) < 4.78 is 95.0. The molecule has 0 saturated carbocycles. The number of furan rings is 1. The molecule has 0 bridgehead atoms. The van der Waals surface area contributed by atoms with Crippen LogP contribution in [0.2, 0.25) is 0 Å². The lowest BCUT2D eigenvalue weighted by Crippen LogP contribution is -2.59. The number of rotatable bonds is 5. The minimum atomic E-state index is -5.86. The molecular weight excluding hydrogens is 464 g/mol. The summed E-state index contributed by atoms with van der Waals surface area (Å²) in [5, 5.41) is 0. The van der Waals surface area contributed by atoms with Crippen molar-refractivity contribution in [3.05, 3.63) is 89.9 Å². The number of alkyl halides is 6. The van der Waals surface area contributed by atoms with Crippen LogP contribution in [-0.4, -0.2) is 41.7 Å². The van der Waals surface area contributed by atoms with Crippen LogP contribution in [0.1, 0.15) is 16.9 Å². The van der Waals surface area contributed by atoms with Gasteiger partial charge in [-0.25, -0.2) is 9.98 Å². The number of hydrogen-bond donors (Lipinski definition) is 0. The summed E-state index contributed by atoms with van der Waals surface area (Å²) in [7, 11) is 1.38. The Morgan fingerprint density at radius 2 is 1.35 bits per heavy atom. The molecule has 0 unspecified atom stereocenters. The number of nitrogens with zero attached hydrogens (tertiary/aromatic N) is 3. The number of hydrogen-bond acceptors (Lipinski definition) is 5. The Hall–Kier alpha value is -3.76. The minimum Gasteiger partial charge on any atom is -0.497 e. The van der Waals surface area contributed by atoms with Gasteiger partial charge in [-0.05, 0) is 36.4 Å². The van der Waals surface area contributed by atoms with E-state index < -0.39 is 29.7 Å². The van der Waals surface area contributed by atoms with Crippen LogP contribution in [0.15, 0.2) is 87.4 Å². The molecule has 1 aliphatic rings. The molecule has 2 aromatic carbocycles. The van der Waals surface area contributed by atoms with E-state index in [0.29, 0.717) is 5.75 Å². The Kier molecular flexibility index (Phi) is 5.88. The summed E-state index contributed by atoms with van der Waals surface area (Å²) in [6.45, 7) is -0.211. The molecule has 0 spiro atoms. The normalized spacial score (nSPS) is 16.1. The van der Waals surface area contributed by atoms with Crippen molar-refractivity contribution in [2.75, 3.05) is 7.11 Å². The zero-order chi connectivity index (χ0) is 24.6. The molecule has 3 aromatic rings. The lowest BCUT2D eigenvalue weighted by molar-refractivity contribution is -0.293. The van der Waals surface area contributed by atoms with Gasteiger partial charge in [-0.15, -0.1) is 0 Å². The lowest BCUT2D eigenvalue weighted by atomic mass is 10.0. The van der Waals surface area contributed by atoms with E-state index in [4.69, 9.17) is 9.15 Å². The molecule has 0 amide bonds. The van der Waals surface area contributed by atoms with Crippen LogP contribution in [0.3, 0.4) is 0 Å². The van der Waals surface area contributed by atoms with Crippen molar-refractivity contribution in [2.24, 2.45) is 9.98 Å². The van der Waals surface area contributed by atoms with Gasteiger partial charge in [0.25, 0.3) is 0 Å². The van der Waals surface area contributed by atoms with Gasteiger partial charge in [0.05, 0.1) is 19.9 Å². The number of ether oxygens (including phenoxy) is 1. The smallest absolute Gasteiger partial charge is 0.443 e. The van der Waals surface area contributed by atoms with Crippen molar-refractivity contribution in [3.8, 4) is 5.75 Å². The number of halogens is 6. The molecule has 34 heavy (non-hydrogen) atoms. The zero-order valence-corrected chi connectivity index (χ0v) is 17.6. The van der Waals surface area contributed by atoms with Crippen LogP contribution in [-0.2, 0) is 6.54 Å². The minimum absolute atomic E-state index is 0.00793. The maximum absolute atomic E-state index is 14.1. The van der Waals surface area contributed by atoms with Gasteiger partial charge in [-0.1, -0.05) is 30.3 Å². The van der Waals surface area contributed by atoms with Crippen molar-refractivity contribution in [2.45, 2.75) is 24.6 Å². The monoisotopic (exact) mass is 481 g/mol. The molecule has 0 radical (unpaired) electrons. The topological polar surface area (TPSA) is 50.3 Å². The van der Waals surface area contributed by atoms with E-state index in [1.165, 1.54) is 66.8 Å². The van der Waals surface area contributed by atoms with Crippen LogP contribution in [0, 0.1) is 0 Å². The molecule has 0 aliphatic carbocycles. The zero-order valence-electron chi connectivity index (χ0n) is 17.6. The quantitative estimate of drug-likeness (QED) is 0.432. The van der Waals surface area contributed by atoms with Gasteiger partial charge < -0.3 is 14.1 Å². The van der Waals surface area contributed by atoms with Crippen molar-refractivity contribution in [1.29, 1.82) is 0 Å². The Morgan fingerprint density at radius 3 is 1.82 bits per heavy atom. The third-order valence-electron chi connectivity index (χ3n) is 5.11. The molecule has 2 heterocycles. The third-order valence-corrected chi connectivity index (χ3v) is 5.11. The van der Waals surface area contributed by atoms with Crippen molar-refractivity contribution in [3.63, 3.8) is 0 Å². The molecule has 0 saturated heterocycles. The van der Waals surface area contributed by atoms with E-state index >= 15 is 0 Å². The summed E-state index contributed by atoms with van der Waals surface area (Å²) in [4.78, 5) is 7.65. The van der Waals surface area contributed by atoms with Crippen molar-refractivity contribution in [1.82, 2.24) is 4.90 Å². The third kappa shape index (κ3) is 4.13. The second-order valence-corrected chi connectivity index (χ2v) is 7.30. The fourth-order valence-corrected chi connectivity index (χ4v) is 3.44. The SMILES string of the molecule is COc1ccc(C2=NC(C(F)(F)F)(C(F)(F)F)N=C(c3ccccc3)N2Cc2ccco2)cc1. The van der Waals surface area contributed by atoms with E-state index in [1.807, 2.05) is 0 Å². The van der Waals surface area contributed by atoms with E-state index in [2.05, 4.69) is 9.98 Å². The van der Waals surface area contributed by atoms with Crippen LogP contribution in [0.25, 0.3) is 0 Å². The molecule has 11 heteroatoms. The van der Waals surface area contributed by atoms with Gasteiger partial charge in [0.15, 0.2) is 0 Å². The Balaban J connectivity index is 2.01. The first kappa shape index (κ1) is 23.4. The number of amidine groups is 2. The molecule has 1 aromatic heterocycles. The van der Waals surface area contributed by atoms with Crippen LogP contribution in [0.4, 0.5) is 26.3 Å². The molecule has 0 fully saturated rings. The predicted octanol–water partition coefficient (Wildman–Crippen LogP) is 5.82. The summed E-state index contributed by atoms with van der Waals surface area (Å²) in [5.74, 6) is -0.459. The molecule has 0 N–H and O–H groups in total. The molecule has 1 aliphatic heterocycles. The van der Waals surface area contributed by atoms with Gasteiger partial charge in [0.1, 0.15) is 23.2 Å². The second-order valence-electron chi connectivity index (χ2n) is 7.30. The van der Waals surface area contributed by atoms with Crippen LogP contribution >= 0.6 is 0 Å². The van der Waals surface area contributed by atoms with Crippen molar-refractivity contribution < 1.29 is 35.5 Å². The fraction of sp³-hybridized carbons (Fsp3) is 0.217. The highest BCUT2D eigenvalue weighted by atomic mass is 19.4. The molecule has 4 rings (SSSR count). The number of methoxy groups -OCH3 is 1.